The van der Waals surface area contributed by atoms with Crippen molar-refractivity contribution in [2.24, 2.45) is 4.99 Å². The van der Waals surface area contributed by atoms with Gasteiger partial charge in [0.1, 0.15) is 6.04 Å². The van der Waals surface area contributed by atoms with E-state index < -0.39 is 0 Å². The Kier molecular flexibility index (Phi) is 4.93. The first-order valence-electron chi connectivity index (χ1n) is 9.45. The molecule has 0 aromatic heterocycles. The summed E-state index contributed by atoms with van der Waals surface area (Å²) in [4.78, 5) is 5.03. The van der Waals surface area contributed by atoms with Crippen LogP contribution in [0.25, 0.3) is 0 Å². The number of aryl methyl sites for hydroxylation is 2. The van der Waals surface area contributed by atoms with Crippen molar-refractivity contribution in [2.75, 3.05) is 0 Å². The molecule has 3 heteroatoms. The van der Waals surface area contributed by atoms with Crippen LogP contribution in [0, 0.1) is 13.8 Å². The summed E-state index contributed by atoms with van der Waals surface area (Å²) in [5.74, 6) is 0.861. The van der Waals surface area contributed by atoms with E-state index in [0.29, 0.717) is 0 Å². The minimum atomic E-state index is 0.0607. The molecule has 0 saturated carbocycles. The average Bonchev–Trinajstić information content (AvgIpc) is 3.12. The zero-order valence-corrected chi connectivity index (χ0v) is 15.8. The Bertz CT molecular complexity index is 947. The monoisotopic (exact) mass is 355 g/mol. The molecule has 0 unspecified atom stereocenters. The van der Waals surface area contributed by atoms with Gasteiger partial charge in [0, 0.05) is 6.54 Å². The molecule has 0 spiro atoms. The average molecular weight is 355 g/mol. The van der Waals surface area contributed by atoms with Crippen molar-refractivity contribution in [2.45, 2.75) is 32.5 Å². The Morgan fingerprint density at radius 3 is 2.04 bits per heavy atom. The molecule has 0 aliphatic carbocycles. The number of nitrogens with zero attached hydrogens (tertiary/aromatic N) is 1. The van der Waals surface area contributed by atoms with Gasteiger partial charge in [-0.15, -0.1) is 0 Å². The van der Waals surface area contributed by atoms with E-state index in [1.165, 1.54) is 27.8 Å². The van der Waals surface area contributed by atoms with Gasteiger partial charge in [-0.3, -0.25) is 0 Å². The molecule has 4 rings (SSSR count). The highest BCUT2D eigenvalue weighted by Crippen LogP contribution is 2.38. The SMILES string of the molecule is Cc1ccccc1[C@H]1NC(NCc2ccccc2)=N[C@H]1c1ccccc1C. The van der Waals surface area contributed by atoms with Crippen molar-refractivity contribution in [1.29, 1.82) is 0 Å². The second kappa shape index (κ2) is 7.67. The number of aliphatic imine (C=N–C) groups is 1. The van der Waals surface area contributed by atoms with Crippen molar-refractivity contribution in [3.8, 4) is 0 Å². The number of rotatable bonds is 4. The van der Waals surface area contributed by atoms with E-state index in [9.17, 15) is 0 Å². The van der Waals surface area contributed by atoms with Crippen molar-refractivity contribution in [3.63, 3.8) is 0 Å². The second-order valence-corrected chi connectivity index (χ2v) is 7.10. The molecule has 136 valence electrons. The lowest BCUT2D eigenvalue weighted by Gasteiger charge is -2.22. The lowest BCUT2D eigenvalue weighted by molar-refractivity contribution is 0.565. The molecular weight excluding hydrogens is 330 g/mol. The quantitative estimate of drug-likeness (QED) is 0.703. The molecular formula is C24H25N3. The van der Waals surface area contributed by atoms with Crippen LogP contribution in [0.2, 0.25) is 0 Å². The van der Waals surface area contributed by atoms with Gasteiger partial charge in [0.25, 0.3) is 0 Å². The van der Waals surface area contributed by atoms with Gasteiger partial charge in [-0.1, -0.05) is 78.9 Å². The summed E-state index contributed by atoms with van der Waals surface area (Å²) in [6.45, 7) is 5.09. The van der Waals surface area contributed by atoms with Crippen LogP contribution in [0.3, 0.4) is 0 Å². The van der Waals surface area contributed by atoms with E-state index in [1.54, 1.807) is 0 Å². The Hall–Kier alpha value is -3.07. The summed E-state index contributed by atoms with van der Waals surface area (Å²) >= 11 is 0. The van der Waals surface area contributed by atoms with E-state index in [-0.39, 0.29) is 12.1 Å². The van der Waals surface area contributed by atoms with Crippen LogP contribution in [0.4, 0.5) is 0 Å². The molecule has 2 N–H and O–H groups in total. The van der Waals surface area contributed by atoms with Gasteiger partial charge < -0.3 is 10.6 Å². The Labute approximate surface area is 161 Å². The third-order valence-electron chi connectivity index (χ3n) is 5.21. The summed E-state index contributed by atoms with van der Waals surface area (Å²) in [6, 6.07) is 27.7. The van der Waals surface area contributed by atoms with Crippen LogP contribution < -0.4 is 10.6 Å². The maximum absolute atomic E-state index is 5.03. The predicted octanol–water partition coefficient (Wildman–Crippen LogP) is 4.83. The lowest BCUT2D eigenvalue weighted by Crippen LogP contribution is -2.35. The molecule has 1 aliphatic heterocycles. The molecule has 0 radical (unpaired) electrons. The molecule has 27 heavy (non-hydrogen) atoms. The van der Waals surface area contributed by atoms with Crippen molar-refractivity contribution in [3.05, 3.63) is 107 Å². The maximum atomic E-state index is 5.03. The fraction of sp³-hybridized carbons (Fsp3) is 0.208. The van der Waals surface area contributed by atoms with Gasteiger partial charge >= 0.3 is 0 Å². The predicted molar refractivity (Wildman–Crippen MR) is 112 cm³/mol. The topological polar surface area (TPSA) is 36.4 Å². The zero-order valence-electron chi connectivity index (χ0n) is 15.8. The van der Waals surface area contributed by atoms with E-state index in [0.717, 1.165) is 12.5 Å². The van der Waals surface area contributed by atoms with Crippen LogP contribution in [0.15, 0.2) is 83.9 Å². The third-order valence-corrected chi connectivity index (χ3v) is 5.21. The molecule has 3 aromatic carbocycles. The van der Waals surface area contributed by atoms with Crippen LogP contribution >= 0.6 is 0 Å². The molecule has 3 aromatic rings. The molecule has 0 saturated heterocycles. The van der Waals surface area contributed by atoms with Crippen molar-refractivity contribution in [1.82, 2.24) is 10.6 Å². The van der Waals surface area contributed by atoms with Gasteiger partial charge in [0.2, 0.25) is 0 Å². The number of hydrogen-bond acceptors (Lipinski definition) is 3. The first-order chi connectivity index (χ1) is 13.2. The second-order valence-electron chi connectivity index (χ2n) is 7.10. The zero-order chi connectivity index (χ0) is 18.6. The van der Waals surface area contributed by atoms with E-state index in [4.69, 9.17) is 4.99 Å². The van der Waals surface area contributed by atoms with Crippen molar-refractivity contribution < 1.29 is 0 Å². The Balaban J connectivity index is 1.63. The van der Waals surface area contributed by atoms with Crippen LogP contribution in [-0.2, 0) is 6.54 Å². The number of guanidine groups is 1. The summed E-state index contributed by atoms with van der Waals surface area (Å²) in [7, 11) is 0. The third kappa shape index (κ3) is 3.72. The van der Waals surface area contributed by atoms with E-state index in [1.807, 2.05) is 6.07 Å². The van der Waals surface area contributed by atoms with Gasteiger partial charge in [-0.25, -0.2) is 4.99 Å². The largest absolute Gasteiger partial charge is 0.352 e. The Morgan fingerprint density at radius 1 is 0.778 bits per heavy atom. The smallest absolute Gasteiger partial charge is 0.192 e. The van der Waals surface area contributed by atoms with E-state index >= 15 is 0 Å². The lowest BCUT2D eigenvalue weighted by atomic mass is 9.90. The number of hydrogen-bond donors (Lipinski definition) is 2. The van der Waals surface area contributed by atoms with Gasteiger partial charge in [-0.05, 0) is 41.7 Å². The highest BCUT2D eigenvalue weighted by molar-refractivity contribution is 5.83. The van der Waals surface area contributed by atoms with Crippen LogP contribution in [0.5, 0.6) is 0 Å². The van der Waals surface area contributed by atoms with Gasteiger partial charge in [0.05, 0.1) is 6.04 Å². The maximum Gasteiger partial charge on any atom is 0.192 e. The van der Waals surface area contributed by atoms with Gasteiger partial charge in [0.15, 0.2) is 5.96 Å². The molecule has 1 heterocycles. The summed E-state index contributed by atoms with van der Waals surface area (Å²) in [5.41, 5.74) is 6.37. The normalized spacial score (nSPS) is 18.7. The van der Waals surface area contributed by atoms with Crippen molar-refractivity contribution >= 4 is 5.96 Å². The molecule has 0 amide bonds. The minimum absolute atomic E-state index is 0.0607. The molecule has 0 fully saturated rings. The summed E-state index contributed by atoms with van der Waals surface area (Å²) in [5, 5.41) is 7.11. The first-order valence-corrected chi connectivity index (χ1v) is 9.45. The summed E-state index contributed by atoms with van der Waals surface area (Å²) < 4.78 is 0. The minimum Gasteiger partial charge on any atom is -0.352 e. The number of nitrogens with one attached hydrogen (secondary N) is 2. The highest BCUT2D eigenvalue weighted by atomic mass is 15.3. The van der Waals surface area contributed by atoms with Crippen LogP contribution in [-0.4, -0.2) is 5.96 Å². The fourth-order valence-corrected chi connectivity index (χ4v) is 3.71. The highest BCUT2D eigenvalue weighted by Gasteiger charge is 2.32. The fourth-order valence-electron chi connectivity index (χ4n) is 3.71. The van der Waals surface area contributed by atoms with Crippen LogP contribution in [0.1, 0.15) is 39.9 Å². The molecule has 1 aliphatic rings. The number of benzene rings is 3. The molecule has 0 bridgehead atoms. The standard InChI is InChI=1S/C24H25N3/c1-17-10-6-8-14-20(17)22-23(21-15-9-7-11-18(21)2)27-24(26-22)25-16-19-12-4-3-5-13-19/h3-15,22-23H,16H2,1-2H3,(H2,25,26,27)/t22-,23+. The summed E-state index contributed by atoms with van der Waals surface area (Å²) in [6.07, 6.45) is 0. The first kappa shape index (κ1) is 17.3. The molecule has 3 nitrogen and oxygen atoms in total. The Morgan fingerprint density at radius 2 is 1.37 bits per heavy atom. The van der Waals surface area contributed by atoms with Gasteiger partial charge in [-0.2, -0.15) is 0 Å². The molecule has 2 atom stereocenters. The van der Waals surface area contributed by atoms with E-state index in [2.05, 4.69) is 97.3 Å².